The van der Waals surface area contributed by atoms with Gasteiger partial charge < -0.3 is 0 Å². The van der Waals surface area contributed by atoms with E-state index in [9.17, 15) is 0 Å². The van der Waals surface area contributed by atoms with Crippen LogP contribution in [-0.4, -0.2) is 10.4 Å². The summed E-state index contributed by atoms with van der Waals surface area (Å²) in [5, 5.41) is 15.3. The number of hydrogen-bond acceptors (Lipinski definition) is 2. The lowest BCUT2D eigenvalue weighted by Crippen LogP contribution is -2.24. The van der Waals surface area contributed by atoms with Crippen molar-refractivity contribution in [3.8, 4) is 0 Å². The van der Waals surface area contributed by atoms with Crippen molar-refractivity contribution in [2.24, 2.45) is 0 Å². The third kappa shape index (κ3) is 5.12. The lowest BCUT2D eigenvalue weighted by Gasteiger charge is -2.07. The molecule has 0 bridgehead atoms. The van der Waals surface area contributed by atoms with Crippen LogP contribution in [0.25, 0.3) is 0 Å². The second-order valence-electron chi connectivity index (χ2n) is 2.66. The van der Waals surface area contributed by atoms with E-state index in [1.54, 1.807) is 19.1 Å². The number of nitrogens with one attached hydrogen (secondary N) is 2. The van der Waals surface area contributed by atoms with Crippen LogP contribution in [0.3, 0.4) is 0 Å². The van der Waals surface area contributed by atoms with Crippen LogP contribution in [0.4, 0.5) is 0 Å². The average Bonchev–Trinajstić information content (AvgIpc) is 2.21. The van der Waals surface area contributed by atoms with Gasteiger partial charge in [0.25, 0.3) is 0 Å². The van der Waals surface area contributed by atoms with Crippen molar-refractivity contribution in [1.82, 2.24) is 4.57 Å². The Balaban J connectivity index is 0. The molecule has 3 nitrogen and oxygen atoms in total. The van der Waals surface area contributed by atoms with E-state index in [1.807, 2.05) is 34.6 Å². The lowest BCUT2D eigenvalue weighted by molar-refractivity contribution is 0.951. The van der Waals surface area contributed by atoms with Gasteiger partial charge >= 0.3 is 0 Å². The van der Waals surface area contributed by atoms with Crippen LogP contribution in [0, 0.1) is 17.7 Å². The quantitative estimate of drug-likeness (QED) is 0.395. The summed E-state index contributed by atoms with van der Waals surface area (Å²) >= 11 is 5.83. The molecule has 0 unspecified atom stereocenters. The molecule has 0 aromatic carbocycles. The van der Waals surface area contributed by atoms with Gasteiger partial charge in [-0.05, 0) is 31.5 Å². The summed E-state index contributed by atoms with van der Waals surface area (Å²) in [5.74, 6) is 0.255. The van der Waals surface area contributed by atoms with E-state index in [0.717, 1.165) is 5.56 Å². The van der Waals surface area contributed by atoms with Crippen LogP contribution in [0.1, 0.15) is 40.2 Å². The predicted octanol–water partition coefficient (Wildman–Crippen LogP) is 3.83. The third-order valence-electron chi connectivity index (χ3n) is 1.50. The first-order valence-corrected chi connectivity index (χ1v) is 5.89. The average molecular weight is 244 g/mol. The molecule has 0 aliphatic heterocycles. The Bertz CT molecular complexity index is 380. The second-order valence-corrected chi connectivity index (χ2v) is 3.05. The van der Waals surface area contributed by atoms with Gasteiger partial charge in [-0.15, -0.1) is 0 Å². The summed E-state index contributed by atoms with van der Waals surface area (Å²) in [7, 11) is 0. The largest absolute Gasteiger partial charge is 0.288 e. The van der Waals surface area contributed by atoms with Gasteiger partial charge in [0.1, 0.15) is 16.5 Å². The van der Waals surface area contributed by atoms with Gasteiger partial charge in [-0.1, -0.05) is 39.3 Å². The van der Waals surface area contributed by atoms with E-state index < -0.39 is 0 Å². The molecule has 1 aromatic rings. The number of hydrogen-bond donors (Lipinski definition) is 2. The van der Waals surface area contributed by atoms with Crippen LogP contribution < -0.4 is 5.49 Å². The lowest BCUT2D eigenvalue weighted by atomic mass is 10.3. The summed E-state index contributed by atoms with van der Waals surface area (Å²) < 4.78 is 1.37. The SMILES string of the molecule is CC.CC.CC(=N)n1c(Cl)cc(C)cc1=N. The molecule has 92 valence electrons. The number of pyridine rings is 1. The smallest absolute Gasteiger partial charge is 0.131 e. The highest BCUT2D eigenvalue weighted by Crippen LogP contribution is 2.07. The van der Waals surface area contributed by atoms with Crippen molar-refractivity contribution in [3.05, 3.63) is 28.3 Å². The van der Waals surface area contributed by atoms with E-state index in [0.29, 0.717) is 5.15 Å². The van der Waals surface area contributed by atoms with E-state index in [1.165, 1.54) is 4.57 Å². The van der Waals surface area contributed by atoms with Gasteiger partial charge in [-0.25, -0.2) is 0 Å². The molecule has 1 heterocycles. The van der Waals surface area contributed by atoms with Crippen LogP contribution in [0.5, 0.6) is 0 Å². The molecule has 0 radical (unpaired) electrons. The zero-order valence-corrected chi connectivity index (χ0v) is 11.7. The van der Waals surface area contributed by atoms with Crippen molar-refractivity contribution in [1.29, 1.82) is 10.8 Å². The van der Waals surface area contributed by atoms with Gasteiger partial charge in [0.15, 0.2) is 0 Å². The van der Waals surface area contributed by atoms with Gasteiger partial charge in [0, 0.05) is 0 Å². The maximum absolute atomic E-state index is 7.52. The summed E-state index contributed by atoms with van der Waals surface area (Å²) in [5.41, 5.74) is 1.18. The molecule has 2 N–H and O–H groups in total. The van der Waals surface area contributed by atoms with Gasteiger partial charge in [0.2, 0.25) is 0 Å². The molecule has 0 aliphatic carbocycles. The second kappa shape index (κ2) is 9.16. The van der Waals surface area contributed by atoms with Gasteiger partial charge in [-0.3, -0.25) is 15.4 Å². The standard InChI is InChI=1S/C8H10ClN3.2C2H6/c1-5-3-7(9)12(6(2)10)8(11)4-5;2*1-2/h3-4,10-11H,1-2H3;2*1-2H3. The fourth-order valence-corrected chi connectivity index (χ4v) is 1.42. The van der Waals surface area contributed by atoms with Crippen LogP contribution in [0.2, 0.25) is 5.15 Å². The van der Waals surface area contributed by atoms with Crippen LogP contribution >= 0.6 is 11.6 Å². The molecule has 16 heavy (non-hydrogen) atoms. The van der Waals surface area contributed by atoms with E-state index in [4.69, 9.17) is 22.4 Å². The highest BCUT2D eigenvalue weighted by molar-refractivity contribution is 6.30. The molecular formula is C12H22ClN3. The number of aromatic nitrogens is 1. The molecule has 1 rings (SSSR count). The zero-order valence-electron chi connectivity index (χ0n) is 11.0. The fourth-order valence-electron chi connectivity index (χ4n) is 1.03. The summed E-state index contributed by atoms with van der Waals surface area (Å²) in [6.45, 7) is 11.5. The Hall–Kier alpha value is -1.09. The Morgan fingerprint density at radius 3 is 1.94 bits per heavy atom. The maximum atomic E-state index is 7.52. The normalized spacial score (nSPS) is 8.19. The molecule has 0 saturated carbocycles. The number of aryl methyl sites for hydroxylation is 1. The van der Waals surface area contributed by atoms with Crippen molar-refractivity contribution < 1.29 is 0 Å². The molecule has 0 fully saturated rings. The molecule has 0 aliphatic rings. The minimum atomic E-state index is 0.243. The highest BCUT2D eigenvalue weighted by Gasteiger charge is 2.01. The van der Waals surface area contributed by atoms with Crippen LogP contribution in [0.15, 0.2) is 12.1 Å². The van der Waals surface area contributed by atoms with E-state index in [2.05, 4.69) is 0 Å². The minimum Gasteiger partial charge on any atom is -0.288 e. The van der Waals surface area contributed by atoms with Crippen LogP contribution in [-0.2, 0) is 0 Å². The third-order valence-corrected chi connectivity index (χ3v) is 1.78. The summed E-state index contributed by atoms with van der Waals surface area (Å²) in [6.07, 6.45) is 0. The topological polar surface area (TPSA) is 52.6 Å². The van der Waals surface area contributed by atoms with E-state index >= 15 is 0 Å². The molecule has 0 spiro atoms. The Morgan fingerprint density at radius 1 is 1.19 bits per heavy atom. The summed E-state index contributed by atoms with van der Waals surface area (Å²) in [6, 6.07) is 3.40. The number of halogens is 1. The molecule has 1 aromatic heterocycles. The van der Waals surface area contributed by atoms with Crippen molar-refractivity contribution in [2.45, 2.75) is 41.5 Å². The predicted molar refractivity (Wildman–Crippen MR) is 71.5 cm³/mol. The molecule has 0 amide bonds. The Labute approximate surface area is 103 Å². The zero-order chi connectivity index (χ0) is 13.3. The van der Waals surface area contributed by atoms with Crippen molar-refractivity contribution in [2.75, 3.05) is 0 Å². The van der Waals surface area contributed by atoms with Gasteiger partial charge in [0.05, 0.1) is 0 Å². The Morgan fingerprint density at radius 2 is 1.62 bits per heavy atom. The Kier molecular flexibility index (Phi) is 9.91. The van der Waals surface area contributed by atoms with E-state index in [-0.39, 0.29) is 11.3 Å². The number of nitrogens with zero attached hydrogens (tertiary/aromatic N) is 1. The number of rotatable bonds is 0. The first kappa shape index (κ1) is 17.3. The van der Waals surface area contributed by atoms with Crippen molar-refractivity contribution >= 4 is 17.4 Å². The minimum absolute atomic E-state index is 0.243. The van der Waals surface area contributed by atoms with Crippen molar-refractivity contribution in [3.63, 3.8) is 0 Å². The monoisotopic (exact) mass is 243 g/mol. The molecular weight excluding hydrogens is 222 g/mol. The summed E-state index contributed by atoms with van der Waals surface area (Å²) in [4.78, 5) is 0. The highest BCUT2D eigenvalue weighted by atomic mass is 35.5. The molecule has 0 saturated heterocycles. The maximum Gasteiger partial charge on any atom is 0.131 e. The molecule has 4 heteroatoms. The molecule has 0 atom stereocenters. The first-order valence-electron chi connectivity index (χ1n) is 5.51. The van der Waals surface area contributed by atoms with Gasteiger partial charge in [-0.2, -0.15) is 0 Å². The fraction of sp³-hybridized carbons (Fsp3) is 0.500. The first-order chi connectivity index (χ1) is 7.52.